The molecule has 0 aromatic heterocycles. The van der Waals surface area contributed by atoms with Crippen LogP contribution in [0.15, 0.2) is 18.2 Å². The molecule has 0 saturated carbocycles. The highest BCUT2D eigenvalue weighted by Gasteiger charge is 2.16. The highest BCUT2D eigenvalue weighted by Crippen LogP contribution is 2.19. The van der Waals surface area contributed by atoms with Crippen molar-refractivity contribution in [1.82, 2.24) is 4.90 Å². The van der Waals surface area contributed by atoms with Crippen LogP contribution in [0.5, 0.6) is 0 Å². The van der Waals surface area contributed by atoms with Gasteiger partial charge in [-0.25, -0.2) is 0 Å². The van der Waals surface area contributed by atoms with E-state index in [2.05, 4.69) is 19.1 Å². The van der Waals surface area contributed by atoms with E-state index < -0.39 is 0 Å². The lowest BCUT2D eigenvalue weighted by atomic mass is 9.98. The minimum absolute atomic E-state index is 0.158. The van der Waals surface area contributed by atoms with Crippen molar-refractivity contribution >= 4 is 5.96 Å². The van der Waals surface area contributed by atoms with Gasteiger partial charge in [-0.15, -0.1) is 0 Å². The predicted octanol–water partition coefficient (Wildman–Crippen LogP) is 1.12. The molecular weight excluding hydrogens is 174 g/mol. The predicted molar refractivity (Wildman–Crippen MR) is 56.9 cm³/mol. The van der Waals surface area contributed by atoms with E-state index >= 15 is 0 Å². The Morgan fingerprint density at radius 2 is 2.21 bits per heavy atom. The van der Waals surface area contributed by atoms with Gasteiger partial charge in [0.05, 0.1) is 0 Å². The summed E-state index contributed by atoms with van der Waals surface area (Å²) in [7, 11) is 0. The summed E-state index contributed by atoms with van der Waals surface area (Å²) in [4.78, 5) is 1.88. The third-order valence-corrected chi connectivity index (χ3v) is 2.62. The van der Waals surface area contributed by atoms with Gasteiger partial charge in [-0.3, -0.25) is 5.41 Å². The molecule has 1 radical (unpaired) electrons. The Labute approximate surface area is 84.0 Å². The molecule has 1 heterocycles. The summed E-state index contributed by atoms with van der Waals surface area (Å²) in [5.41, 5.74) is 9.08. The fraction of sp³-hybridized carbons (Fsp3) is 0.273. The standard InChI is InChI=1S/C11H14N3/c1-8-2-3-9-4-5-14(11(12)13)7-10(9)6-8/h2-3,6H,1,4-5,7H2,(H3,12,13). The maximum Gasteiger partial charge on any atom is 0.188 e. The van der Waals surface area contributed by atoms with Gasteiger partial charge >= 0.3 is 0 Å². The van der Waals surface area contributed by atoms with Crippen LogP contribution in [0.25, 0.3) is 0 Å². The van der Waals surface area contributed by atoms with Crippen molar-refractivity contribution in [2.75, 3.05) is 6.54 Å². The summed E-state index contributed by atoms with van der Waals surface area (Å²) < 4.78 is 0. The van der Waals surface area contributed by atoms with Gasteiger partial charge in [0, 0.05) is 13.1 Å². The van der Waals surface area contributed by atoms with E-state index in [4.69, 9.17) is 11.1 Å². The summed E-state index contributed by atoms with van der Waals surface area (Å²) in [5.74, 6) is 0.158. The first-order valence-electron chi connectivity index (χ1n) is 4.69. The lowest BCUT2D eigenvalue weighted by molar-refractivity contribution is 0.387. The molecule has 3 heteroatoms. The molecule has 1 aliphatic rings. The van der Waals surface area contributed by atoms with Crippen molar-refractivity contribution < 1.29 is 0 Å². The van der Waals surface area contributed by atoms with Crippen molar-refractivity contribution in [3.05, 3.63) is 41.8 Å². The second kappa shape index (κ2) is 3.33. The van der Waals surface area contributed by atoms with Crippen LogP contribution in [-0.2, 0) is 13.0 Å². The molecule has 0 aliphatic carbocycles. The van der Waals surface area contributed by atoms with Gasteiger partial charge in [-0.05, 0) is 30.0 Å². The van der Waals surface area contributed by atoms with Gasteiger partial charge in [0.1, 0.15) is 0 Å². The quantitative estimate of drug-likeness (QED) is 0.473. The largest absolute Gasteiger partial charge is 0.370 e. The van der Waals surface area contributed by atoms with Crippen LogP contribution < -0.4 is 5.73 Å². The van der Waals surface area contributed by atoms with Crippen LogP contribution in [0.3, 0.4) is 0 Å². The highest BCUT2D eigenvalue weighted by molar-refractivity contribution is 5.75. The van der Waals surface area contributed by atoms with Crippen LogP contribution in [0, 0.1) is 12.3 Å². The normalized spacial score (nSPS) is 15.1. The van der Waals surface area contributed by atoms with Crippen molar-refractivity contribution in [1.29, 1.82) is 5.41 Å². The van der Waals surface area contributed by atoms with E-state index in [1.807, 2.05) is 11.0 Å². The lowest BCUT2D eigenvalue weighted by Gasteiger charge is -2.29. The molecule has 0 bridgehead atoms. The summed E-state index contributed by atoms with van der Waals surface area (Å²) in [5, 5.41) is 7.37. The molecule has 3 N–H and O–H groups in total. The maximum atomic E-state index is 7.37. The zero-order chi connectivity index (χ0) is 10.1. The number of nitrogens with two attached hydrogens (primary N) is 1. The van der Waals surface area contributed by atoms with Crippen LogP contribution in [0.1, 0.15) is 16.7 Å². The van der Waals surface area contributed by atoms with E-state index in [9.17, 15) is 0 Å². The molecule has 3 nitrogen and oxygen atoms in total. The van der Waals surface area contributed by atoms with Crippen molar-refractivity contribution in [2.45, 2.75) is 13.0 Å². The van der Waals surface area contributed by atoms with Gasteiger partial charge in [0.25, 0.3) is 0 Å². The van der Waals surface area contributed by atoms with E-state index in [0.29, 0.717) is 0 Å². The smallest absolute Gasteiger partial charge is 0.188 e. The Hall–Kier alpha value is -1.51. The van der Waals surface area contributed by atoms with Crippen LogP contribution >= 0.6 is 0 Å². The van der Waals surface area contributed by atoms with Crippen molar-refractivity contribution in [3.63, 3.8) is 0 Å². The first-order chi connectivity index (χ1) is 6.66. The molecule has 1 aromatic rings. The van der Waals surface area contributed by atoms with Crippen molar-refractivity contribution in [2.24, 2.45) is 5.73 Å². The van der Waals surface area contributed by atoms with Gasteiger partial charge in [0.2, 0.25) is 0 Å². The molecule has 14 heavy (non-hydrogen) atoms. The van der Waals surface area contributed by atoms with Gasteiger partial charge in [0.15, 0.2) is 5.96 Å². The molecule has 0 unspecified atom stereocenters. The molecule has 0 saturated heterocycles. The Kier molecular flexibility index (Phi) is 2.15. The van der Waals surface area contributed by atoms with Crippen LogP contribution in [0.2, 0.25) is 0 Å². The summed E-state index contributed by atoms with van der Waals surface area (Å²) >= 11 is 0. The Balaban J connectivity index is 2.29. The molecule has 0 amide bonds. The average molecular weight is 188 g/mol. The first kappa shape index (κ1) is 9.06. The van der Waals surface area contributed by atoms with Gasteiger partial charge in [-0.2, -0.15) is 0 Å². The molecule has 2 rings (SSSR count). The third-order valence-electron chi connectivity index (χ3n) is 2.62. The van der Waals surface area contributed by atoms with E-state index in [0.717, 1.165) is 25.1 Å². The average Bonchev–Trinajstić information content (AvgIpc) is 2.16. The number of benzene rings is 1. The topological polar surface area (TPSA) is 53.1 Å². The van der Waals surface area contributed by atoms with E-state index in [1.165, 1.54) is 11.1 Å². The minimum Gasteiger partial charge on any atom is -0.370 e. The number of nitrogens with one attached hydrogen (secondary N) is 1. The monoisotopic (exact) mass is 188 g/mol. The maximum absolute atomic E-state index is 7.37. The SMILES string of the molecule is [CH2]c1ccc2c(c1)CN(C(=N)N)CC2. The fourth-order valence-electron chi connectivity index (χ4n) is 1.82. The third kappa shape index (κ3) is 1.58. The number of hydrogen-bond donors (Lipinski definition) is 2. The molecule has 73 valence electrons. The summed E-state index contributed by atoms with van der Waals surface area (Å²) in [6.07, 6.45) is 0.967. The molecule has 0 atom stereocenters. The second-order valence-electron chi connectivity index (χ2n) is 3.66. The first-order valence-corrected chi connectivity index (χ1v) is 4.69. The minimum atomic E-state index is 0.158. The fourth-order valence-corrected chi connectivity index (χ4v) is 1.82. The Bertz CT molecular complexity index is 371. The van der Waals surface area contributed by atoms with E-state index in [1.54, 1.807) is 0 Å². The highest BCUT2D eigenvalue weighted by atomic mass is 15.2. The molecule has 0 fully saturated rings. The number of rotatable bonds is 0. The molecule has 1 aliphatic heterocycles. The lowest BCUT2D eigenvalue weighted by Crippen LogP contribution is -2.40. The van der Waals surface area contributed by atoms with Crippen molar-refractivity contribution in [3.8, 4) is 0 Å². The van der Waals surface area contributed by atoms with Crippen LogP contribution in [-0.4, -0.2) is 17.4 Å². The van der Waals surface area contributed by atoms with Crippen LogP contribution in [0.4, 0.5) is 0 Å². The van der Waals surface area contributed by atoms with E-state index in [-0.39, 0.29) is 5.96 Å². The Morgan fingerprint density at radius 1 is 1.43 bits per heavy atom. The number of guanidine groups is 1. The van der Waals surface area contributed by atoms with Gasteiger partial charge in [-0.1, -0.05) is 18.2 Å². The zero-order valence-electron chi connectivity index (χ0n) is 8.09. The molecule has 1 aromatic carbocycles. The molecule has 0 spiro atoms. The number of nitrogens with zero attached hydrogens (tertiary/aromatic N) is 1. The Morgan fingerprint density at radius 3 is 2.93 bits per heavy atom. The number of hydrogen-bond acceptors (Lipinski definition) is 1. The second-order valence-corrected chi connectivity index (χ2v) is 3.66. The number of fused-ring (bicyclic) bond motifs is 1. The zero-order valence-corrected chi connectivity index (χ0v) is 8.09. The molecular formula is C11H14N3. The summed E-state index contributed by atoms with van der Waals surface area (Å²) in [6.45, 7) is 5.49. The summed E-state index contributed by atoms with van der Waals surface area (Å²) in [6, 6.07) is 6.22. The van der Waals surface area contributed by atoms with Gasteiger partial charge < -0.3 is 10.6 Å².